The van der Waals surface area contributed by atoms with E-state index in [4.69, 9.17) is 9.47 Å². The van der Waals surface area contributed by atoms with E-state index in [2.05, 4.69) is 15.2 Å². The fourth-order valence-corrected chi connectivity index (χ4v) is 8.68. The number of anilines is 2. The molecule has 4 amide bonds. The normalized spacial score (nSPS) is 17.5. The Morgan fingerprint density at radius 1 is 0.828 bits per heavy atom. The average Bonchev–Trinajstić information content (AvgIpc) is 3.64. The molecule has 8 rings (SSSR count). The lowest BCUT2D eigenvalue weighted by Gasteiger charge is -2.39. The first-order chi connectivity index (χ1) is 28.1. The molecule has 3 aliphatic heterocycles. The number of nitrogens with one attached hydrogen (secondary N) is 1. The number of rotatable bonds is 8. The van der Waals surface area contributed by atoms with E-state index in [-0.39, 0.29) is 30.2 Å². The summed E-state index contributed by atoms with van der Waals surface area (Å²) in [5.74, 6) is 0.662. The molecule has 0 radical (unpaired) electrons. The lowest BCUT2D eigenvalue weighted by molar-refractivity contribution is -0.141. The number of ether oxygens (including phenoxy) is 2. The number of fused-ring (bicyclic) bond motifs is 2. The summed E-state index contributed by atoms with van der Waals surface area (Å²) in [7, 11) is 0. The molecule has 4 aromatic rings. The standard InChI is InChI=1S/C45H50N6O7/c1-29-24-31(25-30(2)41(29)52)26-39(58-45(56)50-17-15-36(16-18-50)51-19-14-33-6-3-4-9-38(33)47-44(51)55)42(53)49-22-20-48(21-23-49)40-13-11-35(28-46-40)43(54)57-37-12-10-32-7-5-8-34(32)27-37/h3-4,6,9-13,24-25,27-28,36,39,52H,5,7-8,14-23,26H2,1-2H3,(H,47,55)/t39-/m1/s1. The highest BCUT2D eigenvalue weighted by molar-refractivity contribution is 5.92. The van der Waals surface area contributed by atoms with Gasteiger partial charge in [-0.25, -0.2) is 19.4 Å². The van der Waals surface area contributed by atoms with Gasteiger partial charge in [-0.2, -0.15) is 0 Å². The molecular weight excluding hydrogens is 737 g/mol. The Morgan fingerprint density at radius 2 is 1.57 bits per heavy atom. The number of hydrogen-bond donors (Lipinski definition) is 2. The quantitative estimate of drug-likeness (QED) is 0.161. The van der Waals surface area contributed by atoms with Gasteiger partial charge < -0.3 is 39.5 Å². The zero-order valence-corrected chi connectivity index (χ0v) is 33.1. The fourth-order valence-electron chi connectivity index (χ4n) is 8.68. The highest BCUT2D eigenvalue weighted by Crippen LogP contribution is 2.29. The molecule has 2 fully saturated rings. The van der Waals surface area contributed by atoms with Gasteiger partial charge >= 0.3 is 18.1 Å². The Morgan fingerprint density at radius 3 is 2.31 bits per heavy atom. The number of nitrogens with zero attached hydrogens (tertiary/aromatic N) is 5. The molecule has 302 valence electrons. The molecule has 1 atom stereocenters. The number of urea groups is 1. The molecule has 13 nitrogen and oxygen atoms in total. The summed E-state index contributed by atoms with van der Waals surface area (Å²) >= 11 is 0. The Labute approximate surface area is 338 Å². The average molecular weight is 787 g/mol. The predicted octanol–water partition coefficient (Wildman–Crippen LogP) is 6.06. The molecule has 0 spiro atoms. The van der Waals surface area contributed by atoms with Crippen molar-refractivity contribution < 1.29 is 33.8 Å². The molecule has 2 N–H and O–H groups in total. The van der Waals surface area contributed by atoms with Crippen LogP contribution in [-0.4, -0.2) is 107 Å². The number of phenols is 1. The number of aromatic nitrogens is 1. The summed E-state index contributed by atoms with van der Waals surface area (Å²) < 4.78 is 11.7. The van der Waals surface area contributed by atoms with Gasteiger partial charge in [-0.1, -0.05) is 36.4 Å². The molecule has 2 saturated heterocycles. The maximum absolute atomic E-state index is 14.2. The van der Waals surface area contributed by atoms with Crippen molar-refractivity contribution >= 4 is 35.5 Å². The van der Waals surface area contributed by atoms with Gasteiger partial charge in [0.05, 0.1) is 5.56 Å². The first kappa shape index (κ1) is 38.7. The topological polar surface area (TPSA) is 145 Å². The summed E-state index contributed by atoms with van der Waals surface area (Å²) in [5.41, 5.74) is 6.97. The van der Waals surface area contributed by atoms with E-state index in [0.717, 1.165) is 42.5 Å². The van der Waals surface area contributed by atoms with Crippen molar-refractivity contribution in [3.8, 4) is 11.5 Å². The van der Waals surface area contributed by atoms with Crippen molar-refractivity contribution in [1.29, 1.82) is 0 Å². The van der Waals surface area contributed by atoms with E-state index in [1.807, 2.05) is 59.5 Å². The number of carbonyl (C=O) groups excluding carboxylic acids is 4. The number of aryl methyl sites for hydroxylation is 4. The molecule has 4 aliphatic rings. The largest absolute Gasteiger partial charge is 0.507 e. The van der Waals surface area contributed by atoms with Crippen LogP contribution in [0.3, 0.4) is 0 Å². The second-order valence-electron chi connectivity index (χ2n) is 15.8. The number of esters is 1. The van der Waals surface area contributed by atoms with Gasteiger partial charge in [0.2, 0.25) is 0 Å². The lowest BCUT2D eigenvalue weighted by Crippen LogP contribution is -2.54. The number of piperidine rings is 1. The van der Waals surface area contributed by atoms with Crippen LogP contribution in [0.25, 0.3) is 0 Å². The smallest absolute Gasteiger partial charge is 0.410 e. The number of benzene rings is 3. The van der Waals surface area contributed by atoms with Gasteiger partial charge in [-0.05, 0) is 116 Å². The molecule has 0 saturated carbocycles. The van der Waals surface area contributed by atoms with Crippen LogP contribution in [0.2, 0.25) is 0 Å². The van der Waals surface area contributed by atoms with Crippen LogP contribution in [-0.2, 0) is 35.2 Å². The van der Waals surface area contributed by atoms with E-state index >= 15 is 0 Å². The first-order valence-electron chi connectivity index (χ1n) is 20.3. The van der Waals surface area contributed by atoms with Crippen molar-refractivity contribution in [1.82, 2.24) is 19.7 Å². The number of likely N-dealkylation sites (tertiary alicyclic amines) is 1. The van der Waals surface area contributed by atoms with Crippen molar-refractivity contribution in [2.45, 2.75) is 70.9 Å². The number of piperazine rings is 1. The Hall–Kier alpha value is -6.11. The van der Waals surface area contributed by atoms with Crippen LogP contribution in [0.4, 0.5) is 21.1 Å². The van der Waals surface area contributed by atoms with Crippen molar-refractivity contribution in [3.63, 3.8) is 0 Å². The van der Waals surface area contributed by atoms with Crippen LogP contribution in [0.5, 0.6) is 11.5 Å². The van der Waals surface area contributed by atoms with Crippen LogP contribution in [0.1, 0.15) is 63.0 Å². The number of pyridine rings is 1. The van der Waals surface area contributed by atoms with Gasteiger partial charge in [0.1, 0.15) is 17.3 Å². The number of phenolic OH excluding ortho intramolecular Hbond substituents is 1. The monoisotopic (exact) mass is 786 g/mol. The van der Waals surface area contributed by atoms with Crippen LogP contribution >= 0.6 is 0 Å². The Balaban J connectivity index is 0.880. The molecule has 13 heteroatoms. The number of aromatic hydroxyl groups is 1. The van der Waals surface area contributed by atoms with Crippen molar-refractivity contribution in [2.75, 3.05) is 56.0 Å². The molecular formula is C45H50N6O7. The molecule has 0 bridgehead atoms. The number of hydrogen-bond acceptors (Lipinski definition) is 9. The SMILES string of the molecule is Cc1cc(C[C@@H](OC(=O)N2CCC(N3CCc4ccccc4NC3=O)CC2)C(=O)N2CCN(c3ccc(C(=O)Oc4ccc5c(c4)CCC5)cn3)CC2)cc(C)c1O. The summed E-state index contributed by atoms with van der Waals surface area (Å²) in [6.07, 6.45) is 5.15. The highest BCUT2D eigenvalue weighted by Gasteiger charge is 2.36. The number of para-hydroxylation sites is 1. The summed E-state index contributed by atoms with van der Waals surface area (Å²) in [4.78, 5) is 65.8. The van der Waals surface area contributed by atoms with E-state index in [1.54, 1.807) is 35.8 Å². The van der Waals surface area contributed by atoms with Gasteiger partial charge in [0.25, 0.3) is 5.91 Å². The van der Waals surface area contributed by atoms with E-state index in [9.17, 15) is 24.3 Å². The van der Waals surface area contributed by atoms with E-state index < -0.39 is 18.2 Å². The van der Waals surface area contributed by atoms with Crippen molar-refractivity contribution in [2.24, 2.45) is 0 Å². The van der Waals surface area contributed by atoms with Crippen molar-refractivity contribution in [3.05, 3.63) is 112 Å². The molecule has 3 aromatic carbocycles. The van der Waals surface area contributed by atoms with Gasteiger partial charge in [0, 0.05) is 70.2 Å². The maximum Gasteiger partial charge on any atom is 0.410 e. The fraction of sp³-hybridized carbons (Fsp3) is 0.400. The first-order valence-corrected chi connectivity index (χ1v) is 20.3. The van der Waals surface area contributed by atoms with Crippen LogP contribution in [0, 0.1) is 13.8 Å². The molecule has 4 heterocycles. The maximum atomic E-state index is 14.2. The number of carbonyl (C=O) groups is 4. The van der Waals surface area contributed by atoms with E-state index in [1.165, 1.54) is 17.3 Å². The Kier molecular flexibility index (Phi) is 11.2. The third-order valence-electron chi connectivity index (χ3n) is 12.0. The predicted molar refractivity (Wildman–Crippen MR) is 218 cm³/mol. The zero-order chi connectivity index (χ0) is 40.3. The van der Waals surface area contributed by atoms with Gasteiger partial charge in [-0.15, -0.1) is 0 Å². The molecule has 1 aromatic heterocycles. The number of amides is 4. The molecule has 1 aliphatic carbocycles. The third kappa shape index (κ3) is 8.44. The second-order valence-corrected chi connectivity index (χ2v) is 15.8. The third-order valence-corrected chi connectivity index (χ3v) is 12.0. The van der Waals surface area contributed by atoms with Crippen LogP contribution < -0.4 is 15.0 Å². The molecule has 0 unspecified atom stereocenters. The minimum atomic E-state index is -1.08. The highest BCUT2D eigenvalue weighted by atomic mass is 16.6. The minimum absolute atomic E-state index is 0.0238. The Bertz CT molecular complexity index is 2170. The zero-order valence-electron chi connectivity index (χ0n) is 33.1. The minimum Gasteiger partial charge on any atom is -0.507 e. The summed E-state index contributed by atoms with van der Waals surface area (Å²) in [6.45, 7) is 6.77. The summed E-state index contributed by atoms with van der Waals surface area (Å²) in [5, 5.41) is 13.4. The second kappa shape index (κ2) is 16.8. The van der Waals surface area contributed by atoms with Gasteiger partial charge in [0.15, 0.2) is 6.10 Å². The summed E-state index contributed by atoms with van der Waals surface area (Å²) in [6, 6.07) is 20.6. The van der Waals surface area contributed by atoms with E-state index in [0.29, 0.717) is 86.9 Å². The lowest BCUT2D eigenvalue weighted by atomic mass is 10.0. The van der Waals surface area contributed by atoms with Gasteiger partial charge in [-0.3, -0.25) is 4.79 Å². The molecule has 58 heavy (non-hydrogen) atoms. The van der Waals surface area contributed by atoms with Crippen LogP contribution in [0.15, 0.2) is 72.9 Å².